The molecule has 6 nitrogen and oxygen atoms in total. The summed E-state index contributed by atoms with van der Waals surface area (Å²) in [5.74, 6) is 1.11. The summed E-state index contributed by atoms with van der Waals surface area (Å²) >= 11 is 0. The summed E-state index contributed by atoms with van der Waals surface area (Å²) in [6, 6.07) is 8.64. The SMILES string of the molecule is CCNC(=NCC(C)c1cccc(C)c1)NCCCN1CCCC(C(N)=O)C1.I. The molecule has 164 valence electrons. The summed E-state index contributed by atoms with van der Waals surface area (Å²) < 4.78 is 0. The lowest BCUT2D eigenvalue weighted by Gasteiger charge is -2.31. The van der Waals surface area contributed by atoms with Gasteiger partial charge in [-0.3, -0.25) is 9.79 Å². The summed E-state index contributed by atoms with van der Waals surface area (Å²) in [6.07, 6.45) is 3.01. The van der Waals surface area contributed by atoms with E-state index < -0.39 is 0 Å². The molecule has 1 aliphatic heterocycles. The molecule has 0 spiro atoms. The Hall–Kier alpha value is -1.35. The normalized spacial score (nSPS) is 18.6. The number of likely N-dealkylation sites (tertiary alicyclic amines) is 1. The maximum Gasteiger partial charge on any atom is 0.221 e. The first-order valence-corrected chi connectivity index (χ1v) is 10.6. The van der Waals surface area contributed by atoms with Crippen molar-refractivity contribution >= 4 is 35.8 Å². The molecule has 0 bridgehead atoms. The molecule has 0 radical (unpaired) electrons. The van der Waals surface area contributed by atoms with E-state index in [-0.39, 0.29) is 35.8 Å². The standard InChI is InChI=1S/C22H37N5O.HI/c1-4-24-22(26-15-18(3)19-9-5-8-17(2)14-19)25-11-7-13-27-12-6-10-20(16-27)21(23)28;/h5,8-9,14,18,20H,4,6-7,10-13,15-16H2,1-3H3,(H2,23,28)(H2,24,25,26);1H. The lowest BCUT2D eigenvalue weighted by molar-refractivity contribution is -0.123. The first-order valence-electron chi connectivity index (χ1n) is 10.6. The fourth-order valence-electron chi connectivity index (χ4n) is 3.65. The van der Waals surface area contributed by atoms with Crippen LogP contribution in [0.25, 0.3) is 0 Å². The third-order valence-corrected chi connectivity index (χ3v) is 5.33. The molecule has 1 aromatic rings. The van der Waals surface area contributed by atoms with Gasteiger partial charge in [-0.1, -0.05) is 36.8 Å². The number of nitrogens with two attached hydrogens (primary N) is 1. The van der Waals surface area contributed by atoms with Crippen LogP contribution < -0.4 is 16.4 Å². The van der Waals surface area contributed by atoms with Crippen molar-refractivity contribution in [3.8, 4) is 0 Å². The predicted octanol–water partition coefficient (Wildman–Crippen LogP) is 2.86. The molecule has 2 rings (SSSR count). The fraction of sp³-hybridized carbons (Fsp3) is 0.636. The second-order valence-electron chi connectivity index (χ2n) is 7.86. The van der Waals surface area contributed by atoms with Crippen molar-refractivity contribution in [3.05, 3.63) is 35.4 Å². The number of primary amides is 1. The van der Waals surface area contributed by atoms with E-state index in [1.54, 1.807) is 0 Å². The summed E-state index contributed by atoms with van der Waals surface area (Å²) in [5.41, 5.74) is 8.08. The van der Waals surface area contributed by atoms with E-state index in [0.29, 0.717) is 5.92 Å². The number of benzene rings is 1. The Bertz CT molecular complexity index is 652. The maximum atomic E-state index is 11.4. The highest BCUT2D eigenvalue weighted by molar-refractivity contribution is 14.0. The molecular weight excluding hydrogens is 477 g/mol. The molecule has 0 aliphatic carbocycles. The van der Waals surface area contributed by atoms with Crippen LogP contribution in [-0.2, 0) is 4.79 Å². The molecule has 1 fully saturated rings. The molecule has 1 aliphatic rings. The zero-order chi connectivity index (χ0) is 20.4. The Morgan fingerprint density at radius 1 is 1.38 bits per heavy atom. The zero-order valence-corrected chi connectivity index (χ0v) is 20.4. The predicted molar refractivity (Wildman–Crippen MR) is 132 cm³/mol. The van der Waals surface area contributed by atoms with E-state index >= 15 is 0 Å². The number of hydrogen-bond donors (Lipinski definition) is 3. The van der Waals surface area contributed by atoms with Gasteiger partial charge in [0.25, 0.3) is 0 Å². The lowest BCUT2D eigenvalue weighted by Crippen LogP contribution is -2.43. The molecule has 1 amide bonds. The Morgan fingerprint density at radius 3 is 2.86 bits per heavy atom. The van der Waals surface area contributed by atoms with E-state index in [1.807, 2.05) is 0 Å². The molecule has 0 aromatic heterocycles. The van der Waals surface area contributed by atoms with Gasteiger partial charge in [-0.15, -0.1) is 24.0 Å². The number of piperidine rings is 1. The van der Waals surface area contributed by atoms with Gasteiger partial charge in [-0.25, -0.2) is 0 Å². The quantitative estimate of drug-likeness (QED) is 0.205. The highest BCUT2D eigenvalue weighted by atomic mass is 127. The van der Waals surface area contributed by atoms with Crippen molar-refractivity contribution in [2.75, 3.05) is 39.3 Å². The van der Waals surface area contributed by atoms with Crippen LogP contribution in [0, 0.1) is 12.8 Å². The second kappa shape index (κ2) is 13.8. The minimum absolute atomic E-state index is 0. The summed E-state index contributed by atoms with van der Waals surface area (Å²) in [4.78, 5) is 18.5. The fourth-order valence-corrected chi connectivity index (χ4v) is 3.65. The van der Waals surface area contributed by atoms with Gasteiger partial charge in [-0.05, 0) is 51.8 Å². The highest BCUT2D eigenvalue weighted by Gasteiger charge is 2.23. The third kappa shape index (κ3) is 9.33. The van der Waals surface area contributed by atoms with E-state index in [4.69, 9.17) is 10.7 Å². The van der Waals surface area contributed by atoms with Crippen LogP contribution in [-0.4, -0.2) is 56.0 Å². The van der Waals surface area contributed by atoms with Crippen LogP contribution in [0.4, 0.5) is 0 Å². The van der Waals surface area contributed by atoms with Crippen LogP contribution in [0.5, 0.6) is 0 Å². The van der Waals surface area contributed by atoms with Gasteiger partial charge in [0.05, 0.1) is 5.92 Å². The van der Waals surface area contributed by atoms with Crippen LogP contribution in [0.3, 0.4) is 0 Å². The van der Waals surface area contributed by atoms with Crippen molar-refractivity contribution in [1.82, 2.24) is 15.5 Å². The van der Waals surface area contributed by atoms with Crippen molar-refractivity contribution in [3.63, 3.8) is 0 Å². The average Bonchev–Trinajstić information content (AvgIpc) is 2.69. The summed E-state index contributed by atoms with van der Waals surface area (Å²) in [7, 11) is 0. The monoisotopic (exact) mass is 515 g/mol. The summed E-state index contributed by atoms with van der Waals surface area (Å²) in [6.45, 7) is 11.7. The van der Waals surface area contributed by atoms with Gasteiger partial charge in [0, 0.05) is 32.1 Å². The summed E-state index contributed by atoms with van der Waals surface area (Å²) in [5, 5.41) is 6.76. The molecule has 1 aromatic carbocycles. The van der Waals surface area contributed by atoms with Crippen LogP contribution in [0.1, 0.15) is 50.2 Å². The number of guanidine groups is 1. The molecule has 2 atom stereocenters. The smallest absolute Gasteiger partial charge is 0.221 e. The van der Waals surface area contributed by atoms with Crippen LogP contribution in [0.15, 0.2) is 29.3 Å². The number of nitrogens with zero attached hydrogens (tertiary/aromatic N) is 2. The number of carbonyl (C=O) groups is 1. The van der Waals surface area contributed by atoms with Crippen molar-refractivity contribution in [2.45, 2.75) is 46.0 Å². The first kappa shape index (κ1) is 25.7. The van der Waals surface area contributed by atoms with Crippen molar-refractivity contribution < 1.29 is 4.79 Å². The molecule has 29 heavy (non-hydrogen) atoms. The van der Waals surface area contributed by atoms with Gasteiger partial charge in [-0.2, -0.15) is 0 Å². The average molecular weight is 515 g/mol. The van der Waals surface area contributed by atoms with Gasteiger partial charge >= 0.3 is 0 Å². The number of aliphatic imine (C=N–C) groups is 1. The minimum Gasteiger partial charge on any atom is -0.369 e. The molecule has 2 unspecified atom stereocenters. The first-order chi connectivity index (χ1) is 13.5. The van der Waals surface area contributed by atoms with Gasteiger partial charge in [0.15, 0.2) is 5.96 Å². The molecule has 1 saturated heterocycles. The van der Waals surface area contributed by atoms with Gasteiger partial charge in [0.1, 0.15) is 0 Å². The van der Waals surface area contributed by atoms with Crippen LogP contribution in [0.2, 0.25) is 0 Å². The number of aryl methyl sites for hydroxylation is 1. The third-order valence-electron chi connectivity index (χ3n) is 5.33. The highest BCUT2D eigenvalue weighted by Crippen LogP contribution is 2.17. The number of hydrogen-bond acceptors (Lipinski definition) is 3. The molecule has 1 heterocycles. The number of amides is 1. The molecule has 4 N–H and O–H groups in total. The Balaban J connectivity index is 0.00000420. The van der Waals surface area contributed by atoms with Crippen molar-refractivity contribution in [2.24, 2.45) is 16.6 Å². The molecular formula is C22H38IN5O. The minimum atomic E-state index is -0.160. The lowest BCUT2D eigenvalue weighted by atomic mass is 9.97. The molecule has 0 saturated carbocycles. The molecule has 7 heteroatoms. The number of nitrogens with one attached hydrogen (secondary N) is 2. The maximum absolute atomic E-state index is 11.4. The largest absolute Gasteiger partial charge is 0.369 e. The van der Waals surface area contributed by atoms with E-state index in [1.165, 1.54) is 11.1 Å². The van der Waals surface area contributed by atoms with Crippen molar-refractivity contribution in [1.29, 1.82) is 0 Å². The Morgan fingerprint density at radius 2 is 2.17 bits per heavy atom. The topological polar surface area (TPSA) is 82.8 Å². The van der Waals surface area contributed by atoms with Gasteiger partial charge in [0.2, 0.25) is 5.91 Å². The van der Waals surface area contributed by atoms with Crippen LogP contribution >= 0.6 is 24.0 Å². The number of rotatable bonds is 9. The van der Waals surface area contributed by atoms with E-state index in [0.717, 1.165) is 64.5 Å². The van der Waals surface area contributed by atoms with E-state index in [2.05, 4.69) is 60.6 Å². The van der Waals surface area contributed by atoms with E-state index in [9.17, 15) is 4.79 Å². The Labute approximate surface area is 193 Å². The zero-order valence-electron chi connectivity index (χ0n) is 18.1. The number of carbonyl (C=O) groups excluding carboxylic acids is 1. The Kier molecular flexibility index (Phi) is 12.2. The second-order valence-corrected chi connectivity index (χ2v) is 7.86. The number of halogens is 1. The van der Waals surface area contributed by atoms with Gasteiger partial charge < -0.3 is 21.3 Å².